The summed E-state index contributed by atoms with van der Waals surface area (Å²) in [4.78, 5) is 15.9. The normalized spacial score (nSPS) is 11.0. The lowest BCUT2D eigenvalue weighted by molar-refractivity contribution is -0.274. The summed E-state index contributed by atoms with van der Waals surface area (Å²) >= 11 is 4.03. The van der Waals surface area contributed by atoms with E-state index in [1.807, 2.05) is 0 Å². The molecule has 1 aromatic carbocycles. The predicted molar refractivity (Wildman–Crippen MR) is 73.2 cm³/mol. The quantitative estimate of drug-likeness (QED) is 0.882. The molecule has 0 aliphatic carbocycles. The molecule has 0 spiro atoms. The Morgan fingerprint density at radius 1 is 1.14 bits per heavy atom. The SMILES string of the molecule is O=C(c1ccccn1)N(S)c1ccc(OC(F)(F)F)cc1. The summed E-state index contributed by atoms with van der Waals surface area (Å²) in [7, 11) is 0. The van der Waals surface area contributed by atoms with Gasteiger partial charge in [-0.2, -0.15) is 0 Å². The first-order valence-corrected chi connectivity index (χ1v) is 6.07. The minimum absolute atomic E-state index is 0.170. The Labute approximate surface area is 123 Å². The molecule has 21 heavy (non-hydrogen) atoms. The van der Waals surface area contributed by atoms with Gasteiger partial charge in [-0.1, -0.05) is 18.9 Å². The number of hydrogen-bond donors (Lipinski definition) is 1. The van der Waals surface area contributed by atoms with Crippen molar-refractivity contribution in [1.29, 1.82) is 0 Å². The third-order valence-corrected chi connectivity index (χ3v) is 2.80. The molecule has 1 amide bonds. The van der Waals surface area contributed by atoms with Crippen LogP contribution in [0.4, 0.5) is 18.9 Å². The Balaban J connectivity index is 2.13. The maximum atomic E-state index is 12.0. The van der Waals surface area contributed by atoms with Crippen molar-refractivity contribution in [1.82, 2.24) is 4.98 Å². The molecule has 0 fully saturated rings. The molecule has 1 heterocycles. The second kappa shape index (κ2) is 6.04. The maximum absolute atomic E-state index is 12.0. The first-order valence-electron chi connectivity index (χ1n) is 5.67. The fourth-order valence-electron chi connectivity index (χ4n) is 1.50. The topological polar surface area (TPSA) is 42.4 Å². The van der Waals surface area contributed by atoms with Gasteiger partial charge >= 0.3 is 6.36 Å². The fourth-order valence-corrected chi connectivity index (χ4v) is 1.74. The summed E-state index contributed by atoms with van der Waals surface area (Å²) in [6, 6.07) is 9.57. The van der Waals surface area contributed by atoms with E-state index in [1.165, 1.54) is 24.4 Å². The van der Waals surface area contributed by atoms with Gasteiger partial charge in [0.25, 0.3) is 5.91 Å². The number of thiol groups is 1. The van der Waals surface area contributed by atoms with Crippen molar-refractivity contribution in [2.75, 3.05) is 4.31 Å². The molecular formula is C13H9F3N2O2S. The van der Waals surface area contributed by atoms with Gasteiger partial charge in [0, 0.05) is 6.20 Å². The number of anilines is 1. The lowest BCUT2D eigenvalue weighted by Gasteiger charge is -2.16. The van der Waals surface area contributed by atoms with Gasteiger partial charge in [-0.3, -0.25) is 14.1 Å². The summed E-state index contributed by atoms with van der Waals surface area (Å²) < 4.78 is 40.8. The highest BCUT2D eigenvalue weighted by molar-refractivity contribution is 7.82. The molecule has 0 radical (unpaired) electrons. The van der Waals surface area contributed by atoms with Crippen molar-refractivity contribution in [2.24, 2.45) is 0 Å². The molecule has 110 valence electrons. The Morgan fingerprint density at radius 3 is 2.33 bits per heavy atom. The Bertz CT molecular complexity index is 618. The molecule has 2 aromatic rings. The number of halogens is 3. The van der Waals surface area contributed by atoms with Crippen LogP contribution in [0.15, 0.2) is 48.7 Å². The van der Waals surface area contributed by atoms with Crippen molar-refractivity contribution >= 4 is 24.4 Å². The molecular weight excluding hydrogens is 305 g/mol. The van der Waals surface area contributed by atoms with Crippen LogP contribution in [0.2, 0.25) is 0 Å². The first-order chi connectivity index (χ1) is 9.87. The molecule has 0 saturated carbocycles. The summed E-state index contributed by atoms with van der Waals surface area (Å²) in [6.45, 7) is 0. The summed E-state index contributed by atoms with van der Waals surface area (Å²) in [5, 5.41) is 0. The second-order valence-corrected chi connectivity index (χ2v) is 4.27. The lowest BCUT2D eigenvalue weighted by Crippen LogP contribution is -2.22. The Kier molecular flexibility index (Phi) is 4.37. The predicted octanol–water partition coefficient (Wildman–Crippen LogP) is 3.47. The van der Waals surface area contributed by atoms with Crippen molar-refractivity contribution in [2.45, 2.75) is 6.36 Å². The summed E-state index contributed by atoms with van der Waals surface area (Å²) in [5.41, 5.74) is 0.464. The average Bonchev–Trinajstić information content (AvgIpc) is 2.46. The van der Waals surface area contributed by atoms with E-state index in [2.05, 4.69) is 22.5 Å². The first kappa shape index (κ1) is 15.2. The number of alkyl halides is 3. The minimum atomic E-state index is -4.76. The standard InChI is InChI=1S/C13H9F3N2O2S/c14-13(15,16)20-10-6-4-9(5-7-10)18(21)12(19)11-3-1-2-8-17-11/h1-8,21H. The lowest BCUT2D eigenvalue weighted by atomic mass is 10.3. The molecule has 2 rings (SSSR count). The number of rotatable bonds is 3. The largest absolute Gasteiger partial charge is 0.573 e. The van der Waals surface area contributed by atoms with E-state index in [9.17, 15) is 18.0 Å². The van der Waals surface area contributed by atoms with Gasteiger partial charge in [-0.05, 0) is 36.4 Å². The number of ether oxygens (including phenoxy) is 1. The molecule has 8 heteroatoms. The van der Waals surface area contributed by atoms with Crippen LogP contribution in [0.5, 0.6) is 5.75 Å². The highest BCUT2D eigenvalue weighted by Gasteiger charge is 2.31. The van der Waals surface area contributed by atoms with Crippen molar-refractivity contribution < 1.29 is 22.7 Å². The van der Waals surface area contributed by atoms with Gasteiger partial charge < -0.3 is 4.74 Å². The van der Waals surface area contributed by atoms with Gasteiger partial charge in [0.1, 0.15) is 11.4 Å². The van der Waals surface area contributed by atoms with E-state index < -0.39 is 12.3 Å². The zero-order valence-electron chi connectivity index (χ0n) is 10.4. The molecule has 0 unspecified atom stereocenters. The number of hydrogen-bond acceptors (Lipinski definition) is 4. The van der Waals surface area contributed by atoms with Crippen LogP contribution in [0.1, 0.15) is 10.5 Å². The molecule has 0 saturated heterocycles. The van der Waals surface area contributed by atoms with Gasteiger partial charge in [-0.15, -0.1) is 13.2 Å². The molecule has 4 nitrogen and oxygen atoms in total. The highest BCUT2D eigenvalue weighted by atomic mass is 32.1. The van der Waals surface area contributed by atoms with E-state index in [-0.39, 0.29) is 11.4 Å². The number of amides is 1. The number of carbonyl (C=O) groups is 1. The third kappa shape index (κ3) is 4.12. The number of carbonyl (C=O) groups excluding carboxylic acids is 1. The molecule has 0 aliphatic rings. The van der Waals surface area contributed by atoms with Gasteiger partial charge in [0.05, 0.1) is 5.69 Å². The maximum Gasteiger partial charge on any atom is 0.573 e. The molecule has 1 aromatic heterocycles. The van der Waals surface area contributed by atoms with Crippen LogP contribution in [-0.4, -0.2) is 17.3 Å². The number of benzene rings is 1. The molecule has 0 atom stereocenters. The second-order valence-electron chi connectivity index (χ2n) is 3.87. The van der Waals surface area contributed by atoms with Crippen molar-refractivity contribution in [3.63, 3.8) is 0 Å². The number of pyridine rings is 1. The van der Waals surface area contributed by atoms with Crippen LogP contribution in [0.3, 0.4) is 0 Å². The molecule has 0 N–H and O–H groups in total. The van der Waals surface area contributed by atoms with E-state index in [0.717, 1.165) is 16.4 Å². The molecule has 0 bridgehead atoms. The van der Waals surface area contributed by atoms with E-state index in [4.69, 9.17) is 0 Å². The van der Waals surface area contributed by atoms with Gasteiger partial charge in [0.15, 0.2) is 0 Å². The van der Waals surface area contributed by atoms with Crippen LogP contribution < -0.4 is 9.04 Å². The van der Waals surface area contributed by atoms with E-state index >= 15 is 0 Å². The number of nitrogens with zero attached hydrogens (tertiary/aromatic N) is 2. The minimum Gasteiger partial charge on any atom is -0.406 e. The van der Waals surface area contributed by atoms with E-state index in [0.29, 0.717) is 5.69 Å². The van der Waals surface area contributed by atoms with Crippen molar-refractivity contribution in [3.05, 3.63) is 54.4 Å². The van der Waals surface area contributed by atoms with Crippen molar-refractivity contribution in [3.8, 4) is 5.75 Å². The zero-order valence-corrected chi connectivity index (χ0v) is 11.3. The smallest absolute Gasteiger partial charge is 0.406 e. The zero-order chi connectivity index (χ0) is 15.5. The summed E-state index contributed by atoms with van der Waals surface area (Å²) in [6.07, 6.45) is -3.30. The van der Waals surface area contributed by atoms with E-state index in [1.54, 1.807) is 12.1 Å². The average molecular weight is 314 g/mol. The van der Waals surface area contributed by atoms with Gasteiger partial charge in [-0.25, -0.2) is 0 Å². The molecule has 0 aliphatic heterocycles. The monoisotopic (exact) mass is 314 g/mol. The Hall–Kier alpha value is -2.22. The van der Waals surface area contributed by atoms with Crippen LogP contribution in [0.25, 0.3) is 0 Å². The van der Waals surface area contributed by atoms with Crippen LogP contribution in [-0.2, 0) is 0 Å². The highest BCUT2D eigenvalue weighted by Crippen LogP contribution is 2.26. The fraction of sp³-hybridized carbons (Fsp3) is 0.0769. The van der Waals surface area contributed by atoms with Crippen LogP contribution >= 0.6 is 12.8 Å². The third-order valence-electron chi connectivity index (χ3n) is 2.39. The summed E-state index contributed by atoms with van der Waals surface area (Å²) in [5.74, 6) is -0.873. The van der Waals surface area contributed by atoms with Gasteiger partial charge in [0.2, 0.25) is 0 Å². The van der Waals surface area contributed by atoms with Crippen LogP contribution in [0, 0.1) is 0 Å². The Morgan fingerprint density at radius 2 is 1.81 bits per heavy atom. The number of aromatic nitrogens is 1.